The van der Waals surface area contributed by atoms with E-state index in [1.165, 1.54) is 0 Å². The van der Waals surface area contributed by atoms with Crippen molar-refractivity contribution in [3.8, 4) is 0 Å². The van der Waals surface area contributed by atoms with Crippen LogP contribution in [0.2, 0.25) is 0 Å². The van der Waals surface area contributed by atoms with E-state index in [4.69, 9.17) is 0 Å². The number of carbonyl (C=O) groups is 2. The minimum atomic E-state index is -0.317. The molecule has 0 aliphatic carbocycles. The van der Waals surface area contributed by atoms with Crippen LogP contribution in [0.15, 0.2) is 0 Å². The molecule has 1 heterocycles. The Morgan fingerprint density at radius 3 is 2.76 bits per heavy atom. The zero-order valence-corrected chi connectivity index (χ0v) is 11.7. The van der Waals surface area contributed by atoms with E-state index in [2.05, 4.69) is 26.1 Å². The Morgan fingerprint density at radius 1 is 1.47 bits per heavy atom. The van der Waals surface area contributed by atoms with Gasteiger partial charge in [-0.05, 0) is 18.1 Å². The molecule has 1 saturated heterocycles. The zero-order chi connectivity index (χ0) is 12.8. The molecule has 2 amide bonds. The normalized spacial score (nSPS) is 20.9. The van der Waals surface area contributed by atoms with E-state index in [0.717, 1.165) is 17.9 Å². The van der Waals surface area contributed by atoms with E-state index < -0.39 is 0 Å². The molecule has 98 valence electrons. The Labute approximate surface area is 108 Å². The summed E-state index contributed by atoms with van der Waals surface area (Å²) in [6.45, 7) is 7.12. The predicted octanol–water partition coefficient (Wildman–Crippen LogP) is 1.11. The molecule has 0 spiro atoms. The third-order valence-electron chi connectivity index (χ3n) is 2.70. The summed E-state index contributed by atoms with van der Waals surface area (Å²) in [5.41, 5.74) is 0. The standard InChI is InChI=1S/C12H22N2O2S/c1-4-17-6-5-14-8-11(15)13-10(12(14)16)7-9(2)3/h9-10H,4-8H2,1-3H3,(H,13,15). The lowest BCUT2D eigenvalue weighted by atomic mass is 10.0. The lowest BCUT2D eigenvalue weighted by molar-refractivity contribution is -0.144. The molecular weight excluding hydrogens is 236 g/mol. The monoisotopic (exact) mass is 258 g/mol. The zero-order valence-electron chi connectivity index (χ0n) is 10.9. The minimum absolute atomic E-state index is 0.0308. The van der Waals surface area contributed by atoms with Crippen LogP contribution in [-0.2, 0) is 9.59 Å². The van der Waals surface area contributed by atoms with Gasteiger partial charge >= 0.3 is 0 Å². The molecule has 1 aliphatic heterocycles. The topological polar surface area (TPSA) is 49.4 Å². The first-order valence-corrected chi connectivity index (χ1v) is 7.36. The van der Waals surface area contributed by atoms with Gasteiger partial charge in [-0.15, -0.1) is 0 Å². The Morgan fingerprint density at radius 2 is 2.18 bits per heavy atom. The molecule has 4 nitrogen and oxygen atoms in total. The first kappa shape index (κ1) is 14.4. The number of nitrogens with zero attached hydrogens (tertiary/aromatic N) is 1. The van der Waals surface area contributed by atoms with Gasteiger partial charge in [-0.2, -0.15) is 11.8 Å². The summed E-state index contributed by atoms with van der Waals surface area (Å²) >= 11 is 1.79. The molecule has 0 aromatic rings. The van der Waals surface area contributed by atoms with E-state index in [0.29, 0.717) is 12.5 Å². The summed E-state index contributed by atoms with van der Waals surface area (Å²) in [6.07, 6.45) is 0.724. The Kier molecular flexibility index (Phi) is 5.82. The molecular formula is C12H22N2O2S. The molecule has 0 radical (unpaired) electrons. The third kappa shape index (κ3) is 4.58. The second-order valence-corrected chi connectivity index (χ2v) is 6.10. The Bertz CT molecular complexity index is 282. The molecule has 1 N–H and O–H groups in total. The predicted molar refractivity (Wildman–Crippen MR) is 71.0 cm³/mol. The highest BCUT2D eigenvalue weighted by atomic mass is 32.2. The van der Waals surface area contributed by atoms with Crippen molar-refractivity contribution in [2.75, 3.05) is 24.6 Å². The number of carbonyl (C=O) groups excluding carboxylic acids is 2. The minimum Gasteiger partial charge on any atom is -0.343 e. The van der Waals surface area contributed by atoms with Gasteiger partial charge in [0.2, 0.25) is 11.8 Å². The molecule has 0 bridgehead atoms. The van der Waals surface area contributed by atoms with Gasteiger partial charge in [0.1, 0.15) is 6.04 Å². The Balaban J connectivity index is 2.52. The molecule has 1 fully saturated rings. The van der Waals surface area contributed by atoms with Gasteiger partial charge in [0.05, 0.1) is 6.54 Å². The smallest absolute Gasteiger partial charge is 0.245 e. The average molecular weight is 258 g/mol. The summed E-state index contributed by atoms with van der Waals surface area (Å²) in [5.74, 6) is 2.41. The summed E-state index contributed by atoms with van der Waals surface area (Å²) in [7, 11) is 0. The molecule has 1 unspecified atom stereocenters. The number of nitrogens with one attached hydrogen (secondary N) is 1. The van der Waals surface area contributed by atoms with Gasteiger partial charge in [0, 0.05) is 12.3 Å². The highest BCUT2D eigenvalue weighted by Gasteiger charge is 2.32. The van der Waals surface area contributed by atoms with Crippen LogP contribution in [-0.4, -0.2) is 47.4 Å². The molecule has 1 atom stereocenters. The highest BCUT2D eigenvalue weighted by Crippen LogP contribution is 2.12. The number of hydrogen-bond acceptors (Lipinski definition) is 3. The van der Waals surface area contributed by atoms with Crippen molar-refractivity contribution in [1.82, 2.24) is 10.2 Å². The second kappa shape index (κ2) is 6.89. The summed E-state index contributed by atoms with van der Waals surface area (Å²) < 4.78 is 0. The van der Waals surface area contributed by atoms with Crippen molar-refractivity contribution in [2.24, 2.45) is 5.92 Å². The fourth-order valence-corrected chi connectivity index (χ4v) is 2.55. The maximum absolute atomic E-state index is 12.1. The number of hydrogen-bond donors (Lipinski definition) is 1. The van der Waals surface area contributed by atoms with Gasteiger partial charge in [0.25, 0.3) is 0 Å². The van der Waals surface area contributed by atoms with Crippen molar-refractivity contribution in [2.45, 2.75) is 33.2 Å². The largest absolute Gasteiger partial charge is 0.343 e. The van der Waals surface area contributed by atoms with Crippen molar-refractivity contribution in [3.63, 3.8) is 0 Å². The van der Waals surface area contributed by atoms with Crippen LogP contribution in [0.25, 0.3) is 0 Å². The van der Waals surface area contributed by atoms with Crippen molar-refractivity contribution in [3.05, 3.63) is 0 Å². The van der Waals surface area contributed by atoms with E-state index >= 15 is 0 Å². The van der Waals surface area contributed by atoms with E-state index in [-0.39, 0.29) is 24.4 Å². The van der Waals surface area contributed by atoms with E-state index in [9.17, 15) is 9.59 Å². The number of rotatable bonds is 6. The molecule has 17 heavy (non-hydrogen) atoms. The lowest BCUT2D eigenvalue weighted by Crippen LogP contribution is -2.58. The maximum Gasteiger partial charge on any atom is 0.245 e. The van der Waals surface area contributed by atoms with Crippen LogP contribution in [0.5, 0.6) is 0 Å². The fraction of sp³-hybridized carbons (Fsp3) is 0.833. The SMILES string of the molecule is CCSCCN1CC(=O)NC(CC(C)C)C1=O. The molecule has 0 aromatic carbocycles. The fourth-order valence-electron chi connectivity index (χ4n) is 1.91. The van der Waals surface area contributed by atoms with Gasteiger partial charge in [0.15, 0.2) is 0 Å². The second-order valence-electron chi connectivity index (χ2n) is 4.71. The van der Waals surface area contributed by atoms with E-state index in [1.807, 2.05) is 0 Å². The lowest BCUT2D eigenvalue weighted by Gasteiger charge is -2.33. The summed E-state index contributed by atoms with van der Waals surface area (Å²) in [5, 5.41) is 2.78. The molecule has 1 aliphatic rings. The van der Waals surface area contributed by atoms with Gasteiger partial charge in [-0.25, -0.2) is 0 Å². The van der Waals surface area contributed by atoms with Crippen LogP contribution >= 0.6 is 11.8 Å². The molecule has 0 aromatic heterocycles. The molecule has 5 heteroatoms. The Hall–Kier alpha value is -0.710. The highest BCUT2D eigenvalue weighted by molar-refractivity contribution is 7.99. The summed E-state index contributed by atoms with van der Waals surface area (Å²) in [6, 6.07) is -0.317. The third-order valence-corrected chi connectivity index (χ3v) is 3.58. The van der Waals surface area contributed by atoms with Crippen molar-refractivity contribution < 1.29 is 9.59 Å². The first-order chi connectivity index (χ1) is 8.04. The van der Waals surface area contributed by atoms with Crippen LogP contribution in [0.4, 0.5) is 0 Å². The van der Waals surface area contributed by atoms with E-state index in [1.54, 1.807) is 16.7 Å². The number of thioether (sulfide) groups is 1. The van der Waals surface area contributed by atoms with Crippen molar-refractivity contribution >= 4 is 23.6 Å². The quantitative estimate of drug-likeness (QED) is 0.726. The number of amides is 2. The molecule has 1 rings (SSSR count). The van der Waals surface area contributed by atoms with Crippen molar-refractivity contribution in [1.29, 1.82) is 0 Å². The number of piperazine rings is 1. The van der Waals surface area contributed by atoms with Gasteiger partial charge in [-0.3, -0.25) is 9.59 Å². The summed E-state index contributed by atoms with van der Waals surface area (Å²) in [4.78, 5) is 25.3. The van der Waals surface area contributed by atoms with Crippen LogP contribution in [0, 0.1) is 5.92 Å². The van der Waals surface area contributed by atoms with Crippen LogP contribution in [0.1, 0.15) is 27.2 Å². The van der Waals surface area contributed by atoms with Gasteiger partial charge in [-0.1, -0.05) is 20.8 Å². The van der Waals surface area contributed by atoms with Gasteiger partial charge < -0.3 is 10.2 Å². The van der Waals surface area contributed by atoms with Crippen LogP contribution < -0.4 is 5.32 Å². The van der Waals surface area contributed by atoms with Crippen LogP contribution in [0.3, 0.4) is 0 Å². The average Bonchev–Trinajstić information content (AvgIpc) is 2.24. The molecule has 0 saturated carbocycles. The first-order valence-electron chi connectivity index (χ1n) is 6.20. The maximum atomic E-state index is 12.1.